The number of carbonyl (C=O) groups is 3. The van der Waals surface area contributed by atoms with E-state index in [0.29, 0.717) is 29.2 Å². The SMILES string of the molecule is CC(C)(C)[C@H](SNC(=O)c1ccc(N)c(Cl)c1)C(=O)N1CCC[C@H]1C(=O)NS. The van der Waals surface area contributed by atoms with Crippen LogP contribution in [0, 0.1) is 5.41 Å². The van der Waals surface area contributed by atoms with E-state index in [4.69, 9.17) is 17.3 Å². The van der Waals surface area contributed by atoms with Gasteiger partial charge in [0.25, 0.3) is 11.8 Å². The zero-order valence-corrected chi connectivity index (χ0v) is 18.5. The molecule has 0 spiro atoms. The molecule has 1 fully saturated rings. The van der Waals surface area contributed by atoms with Crippen LogP contribution in [0.3, 0.4) is 0 Å². The Kier molecular flexibility index (Phi) is 7.52. The molecule has 1 saturated heterocycles. The number of hydrogen-bond acceptors (Lipinski definition) is 6. The Labute approximate surface area is 179 Å². The van der Waals surface area contributed by atoms with E-state index in [2.05, 4.69) is 22.3 Å². The second-order valence-electron chi connectivity index (χ2n) is 7.70. The molecule has 4 N–H and O–H groups in total. The van der Waals surface area contributed by atoms with Gasteiger partial charge < -0.3 is 15.4 Å². The second-order valence-corrected chi connectivity index (χ2v) is 9.24. The summed E-state index contributed by atoms with van der Waals surface area (Å²) in [6.45, 7) is 6.25. The van der Waals surface area contributed by atoms with Gasteiger partial charge in [-0.2, -0.15) is 0 Å². The lowest BCUT2D eigenvalue weighted by atomic mass is 9.90. The fraction of sp³-hybridized carbons (Fsp3) is 0.500. The third-order valence-electron chi connectivity index (χ3n) is 4.49. The minimum absolute atomic E-state index is 0.187. The molecule has 1 aliphatic rings. The number of halogens is 1. The van der Waals surface area contributed by atoms with Crippen molar-refractivity contribution in [2.45, 2.75) is 44.9 Å². The predicted octanol–water partition coefficient (Wildman–Crippen LogP) is 2.67. The van der Waals surface area contributed by atoms with Gasteiger partial charge >= 0.3 is 0 Å². The van der Waals surface area contributed by atoms with Gasteiger partial charge in [0.2, 0.25) is 5.91 Å². The summed E-state index contributed by atoms with van der Waals surface area (Å²) in [6.07, 6.45) is 1.34. The first-order valence-corrected chi connectivity index (χ1v) is 10.5. The Morgan fingerprint density at radius 2 is 2.04 bits per heavy atom. The van der Waals surface area contributed by atoms with E-state index >= 15 is 0 Å². The van der Waals surface area contributed by atoms with Gasteiger partial charge in [-0.25, -0.2) is 0 Å². The van der Waals surface area contributed by atoms with Crippen LogP contribution in [0.5, 0.6) is 0 Å². The number of nitrogens with two attached hydrogens (primary N) is 1. The van der Waals surface area contributed by atoms with Gasteiger partial charge in [-0.3, -0.25) is 19.1 Å². The van der Waals surface area contributed by atoms with Gasteiger partial charge in [0.05, 0.1) is 10.7 Å². The number of likely N-dealkylation sites (tertiary alicyclic amines) is 1. The molecule has 1 heterocycles. The summed E-state index contributed by atoms with van der Waals surface area (Å²) in [5.74, 6) is -0.861. The van der Waals surface area contributed by atoms with E-state index < -0.39 is 16.7 Å². The van der Waals surface area contributed by atoms with E-state index in [0.717, 1.165) is 18.4 Å². The highest BCUT2D eigenvalue weighted by atomic mass is 35.5. The molecule has 154 valence electrons. The first-order chi connectivity index (χ1) is 13.1. The van der Waals surface area contributed by atoms with Crippen LogP contribution in [0.1, 0.15) is 44.0 Å². The van der Waals surface area contributed by atoms with Crippen molar-refractivity contribution in [1.82, 2.24) is 14.3 Å². The highest BCUT2D eigenvalue weighted by molar-refractivity contribution is 7.99. The van der Waals surface area contributed by atoms with Gasteiger partial charge in [-0.15, -0.1) is 0 Å². The van der Waals surface area contributed by atoms with Crippen molar-refractivity contribution in [2.24, 2.45) is 5.41 Å². The molecule has 1 aliphatic heterocycles. The van der Waals surface area contributed by atoms with E-state index in [1.54, 1.807) is 17.0 Å². The summed E-state index contributed by atoms with van der Waals surface area (Å²) in [6, 6.07) is 4.06. The quantitative estimate of drug-likeness (QED) is 0.317. The molecular weight excluding hydrogens is 420 g/mol. The van der Waals surface area contributed by atoms with Gasteiger partial charge in [-0.05, 0) is 48.4 Å². The summed E-state index contributed by atoms with van der Waals surface area (Å²) < 4.78 is 5.04. The number of carbonyl (C=O) groups excluding carboxylic acids is 3. The number of anilines is 1. The number of hydrogen-bond donors (Lipinski definition) is 4. The van der Waals surface area contributed by atoms with E-state index in [1.807, 2.05) is 20.8 Å². The highest BCUT2D eigenvalue weighted by Crippen LogP contribution is 2.33. The first kappa shape index (κ1) is 22.7. The van der Waals surface area contributed by atoms with Crippen LogP contribution in [0.15, 0.2) is 18.2 Å². The van der Waals surface area contributed by atoms with Crippen molar-refractivity contribution in [3.63, 3.8) is 0 Å². The van der Waals surface area contributed by atoms with Gasteiger partial charge in [0, 0.05) is 12.1 Å². The lowest BCUT2D eigenvalue weighted by molar-refractivity contribution is -0.138. The molecule has 2 atom stereocenters. The fourth-order valence-electron chi connectivity index (χ4n) is 2.97. The average molecular weight is 445 g/mol. The second kappa shape index (κ2) is 9.28. The third-order valence-corrected chi connectivity index (χ3v) is 6.49. The maximum Gasteiger partial charge on any atom is 0.261 e. The van der Waals surface area contributed by atoms with Crippen molar-refractivity contribution < 1.29 is 14.4 Å². The topological polar surface area (TPSA) is 105 Å². The molecule has 0 saturated carbocycles. The lowest BCUT2D eigenvalue weighted by Gasteiger charge is -2.34. The molecule has 28 heavy (non-hydrogen) atoms. The van der Waals surface area contributed by atoms with Gasteiger partial charge in [0.15, 0.2) is 0 Å². The number of nitrogens with one attached hydrogen (secondary N) is 2. The standard InChI is InChI=1S/C18H25ClN4O3S2/c1-18(2,3)14(17(26)23-8-4-5-13(23)16(25)21-27)28-22-15(24)10-6-7-12(20)11(19)9-10/h6-7,9,13-14,27H,4-5,8,20H2,1-3H3,(H,21,25)(H,22,24)/t13-,14+/m0/s1. The van der Waals surface area contributed by atoms with Crippen LogP contribution in [0.2, 0.25) is 5.02 Å². The summed E-state index contributed by atoms with van der Waals surface area (Å²) in [5.41, 5.74) is 5.96. The maximum atomic E-state index is 13.2. The summed E-state index contributed by atoms with van der Waals surface area (Å²) >= 11 is 10.8. The third kappa shape index (κ3) is 5.27. The van der Waals surface area contributed by atoms with Crippen molar-refractivity contribution in [3.05, 3.63) is 28.8 Å². The summed E-state index contributed by atoms with van der Waals surface area (Å²) in [4.78, 5) is 39.3. The van der Waals surface area contributed by atoms with E-state index in [9.17, 15) is 14.4 Å². The Hall–Kier alpha value is -1.58. The molecule has 3 amide bonds. The average Bonchev–Trinajstić information content (AvgIpc) is 3.11. The lowest BCUT2D eigenvalue weighted by Crippen LogP contribution is -2.50. The Balaban J connectivity index is 2.13. The number of nitrogens with zero attached hydrogens (tertiary/aromatic N) is 1. The Morgan fingerprint density at radius 1 is 1.36 bits per heavy atom. The molecule has 2 rings (SSSR count). The predicted molar refractivity (Wildman–Crippen MR) is 116 cm³/mol. The minimum atomic E-state index is -0.575. The van der Waals surface area contributed by atoms with Crippen LogP contribution in [0.4, 0.5) is 5.69 Å². The Morgan fingerprint density at radius 3 is 2.61 bits per heavy atom. The molecule has 10 heteroatoms. The molecule has 0 aromatic heterocycles. The number of benzene rings is 1. The number of nitrogen functional groups attached to an aromatic ring is 1. The van der Waals surface area contributed by atoms with Crippen LogP contribution < -0.4 is 15.2 Å². The zero-order chi connectivity index (χ0) is 21.1. The normalized spacial score (nSPS) is 17.9. The van der Waals surface area contributed by atoms with E-state index in [1.165, 1.54) is 6.07 Å². The molecular formula is C18H25ClN4O3S2. The molecule has 1 aromatic carbocycles. The minimum Gasteiger partial charge on any atom is -0.398 e. The van der Waals surface area contributed by atoms with Crippen molar-refractivity contribution in [2.75, 3.05) is 12.3 Å². The highest BCUT2D eigenvalue weighted by Gasteiger charge is 2.41. The van der Waals surface area contributed by atoms with Crippen LogP contribution in [0.25, 0.3) is 0 Å². The number of rotatable bonds is 5. The molecule has 7 nitrogen and oxygen atoms in total. The molecule has 0 aliphatic carbocycles. The number of amides is 3. The summed E-state index contributed by atoms with van der Waals surface area (Å²) in [5, 5.41) is -0.284. The van der Waals surface area contributed by atoms with Crippen molar-refractivity contribution >= 4 is 59.8 Å². The van der Waals surface area contributed by atoms with E-state index in [-0.39, 0.29) is 17.7 Å². The largest absolute Gasteiger partial charge is 0.398 e. The van der Waals surface area contributed by atoms with Crippen molar-refractivity contribution in [3.8, 4) is 0 Å². The maximum absolute atomic E-state index is 13.2. The van der Waals surface area contributed by atoms with Crippen LogP contribution in [-0.2, 0) is 9.59 Å². The monoisotopic (exact) mass is 444 g/mol. The fourth-order valence-corrected chi connectivity index (χ4v) is 4.23. The molecule has 0 unspecified atom stereocenters. The zero-order valence-electron chi connectivity index (χ0n) is 16.0. The van der Waals surface area contributed by atoms with Crippen LogP contribution >= 0.6 is 36.4 Å². The smallest absolute Gasteiger partial charge is 0.261 e. The molecule has 0 radical (unpaired) electrons. The molecule has 1 aromatic rings. The molecule has 0 bridgehead atoms. The summed E-state index contributed by atoms with van der Waals surface area (Å²) in [7, 11) is 0. The Bertz CT molecular complexity index is 770. The van der Waals surface area contributed by atoms with Gasteiger partial charge in [-0.1, -0.05) is 45.2 Å². The van der Waals surface area contributed by atoms with Gasteiger partial charge in [0.1, 0.15) is 11.3 Å². The van der Waals surface area contributed by atoms with Crippen molar-refractivity contribution in [1.29, 1.82) is 0 Å². The number of thiol groups is 1. The van der Waals surface area contributed by atoms with Crippen LogP contribution in [-0.4, -0.2) is 40.5 Å². The first-order valence-electron chi connectivity index (χ1n) is 8.81.